The highest BCUT2D eigenvalue weighted by molar-refractivity contribution is 7.91. The summed E-state index contributed by atoms with van der Waals surface area (Å²) in [5.74, 6) is -0.693. The van der Waals surface area contributed by atoms with Gasteiger partial charge < -0.3 is 9.67 Å². The Morgan fingerprint density at radius 1 is 1.44 bits per heavy atom. The maximum Gasteiger partial charge on any atom is 0.273 e. The molecule has 0 unspecified atom stereocenters. The topological polar surface area (TPSA) is 76.4 Å². The van der Waals surface area contributed by atoms with Crippen molar-refractivity contribution in [2.45, 2.75) is 31.7 Å². The molecule has 0 saturated heterocycles. The van der Waals surface area contributed by atoms with Gasteiger partial charge in [-0.2, -0.15) is 0 Å². The van der Waals surface area contributed by atoms with Gasteiger partial charge >= 0.3 is 0 Å². The summed E-state index contributed by atoms with van der Waals surface area (Å²) >= 11 is 0. The first-order chi connectivity index (χ1) is 7.31. The summed E-state index contributed by atoms with van der Waals surface area (Å²) in [6.07, 6.45) is 1.39. The fourth-order valence-corrected chi connectivity index (χ4v) is 2.41. The monoisotopic (exact) mass is 245 g/mol. The summed E-state index contributed by atoms with van der Waals surface area (Å²) in [5.41, 5.74) is -0.670. The van der Waals surface area contributed by atoms with Gasteiger partial charge in [-0.1, -0.05) is 6.92 Å². The molecular formula is C10H15NO4S. The van der Waals surface area contributed by atoms with E-state index < -0.39 is 26.0 Å². The van der Waals surface area contributed by atoms with Crippen molar-refractivity contribution in [2.75, 3.05) is 5.75 Å². The van der Waals surface area contributed by atoms with Gasteiger partial charge in [0, 0.05) is 12.2 Å². The number of nitrogens with zero attached hydrogens (tertiary/aromatic N) is 1. The van der Waals surface area contributed by atoms with Gasteiger partial charge in [0.05, 0.1) is 5.75 Å². The summed E-state index contributed by atoms with van der Waals surface area (Å²) in [6, 6.07) is 1.07. The van der Waals surface area contributed by atoms with E-state index in [1.54, 1.807) is 13.8 Å². The van der Waals surface area contributed by atoms with Crippen molar-refractivity contribution in [2.24, 2.45) is 0 Å². The predicted octanol–water partition coefficient (Wildman–Crippen LogP) is 0.928. The van der Waals surface area contributed by atoms with Crippen molar-refractivity contribution in [3.8, 4) is 5.75 Å². The molecule has 0 aliphatic rings. The SMILES string of the molecule is CCS(=O)(=O)c1c(O)ccn(C(C)C)c1=O. The predicted molar refractivity (Wildman–Crippen MR) is 60.5 cm³/mol. The lowest BCUT2D eigenvalue weighted by molar-refractivity contribution is 0.446. The van der Waals surface area contributed by atoms with Gasteiger partial charge in [-0.25, -0.2) is 8.42 Å². The van der Waals surface area contributed by atoms with Crippen LogP contribution in [0.3, 0.4) is 0 Å². The Balaban J connectivity index is 3.64. The lowest BCUT2D eigenvalue weighted by Gasteiger charge is -2.12. The Bertz CT molecular complexity index is 542. The van der Waals surface area contributed by atoms with E-state index in [9.17, 15) is 18.3 Å². The molecule has 1 aromatic heterocycles. The van der Waals surface area contributed by atoms with Crippen LogP contribution in [0.1, 0.15) is 26.8 Å². The number of aromatic nitrogens is 1. The summed E-state index contributed by atoms with van der Waals surface area (Å²) in [5, 5.41) is 9.47. The first kappa shape index (κ1) is 12.8. The average molecular weight is 245 g/mol. The number of aromatic hydroxyl groups is 1. The quantitative estimate of drug-likeness (QED) is 0.859. The molecule has 0 saturated carbocycles. The second-order valence-corrected chi connectivity index (χ2v) is 5.95. The molecule has 0 aliphatic carbocycles. The molecule has 1 N–H and O–H groups in total. The standard InChI is InChI=1S/C10H15NO4S/c1-4-16(14,15)9-8(12)5-6-11(7(2)3)10(9)13/h5-7,12H,4H2,1-3H3. The van der Waals surface area contributed by atoms with Crippen LogP contribution < -0.4 is 5.56 Å². The highest BCUT2D eigenvalue weighted by Crippen LogP contribution is 2.19. The molecule has 0 aliphatic heterocycles. The van der Waals surface area contributed by atoms with Crippen LogP contribution >= 0.6 is 0 Å². The molecule has 0 fully saturated rings. The molecule has 0 spiro atoms. The van der Waals surface area contributed by atoms with E-state index in [0.717, 1.165) is 0 Å². The Hall–Kier alpha value is -1.30. The first-order valence-corrected chi connectivity index (χ1v) is 6.63. The lowest BCUT2D eigenvalue weighted by Crippen LogP contribution is -2.27. The Morgan fingerprint density at radius 3 is 2.44 bits per heavy atom. The van der Waals surface area contributed by atoms with Crippen molar-refractivity contribution in [3.63, 3.8) is 0 Å². The van der Waals surface area contributed by atoms with Crippen LogP contribution in [0.4, 0.5) is 0 Å². The molecule has 0 radical (unpaired) electrons. The smallest absolute Gasteiger partial charge is 0.273 e. The molecular weight excluding hydrogens is 230 g/mol. The van der Waals surface area contributed by atoms with Crippen LogP contribution in [-0.4, -0.2) is 23.8 Å². The van der Waals surface area contributed by atoms with Crippen LogP contribution in [0.2, 0.25) is 0 Å². The van der Waals surface area contributed by atoms with Crippen molar-refractivity contribution < 1.29 is 13.5 Å². The molecule has 5 nitrogen and oxygen atoms in total. The zero-order valence-electron chi connectivity index (χ0n) is 9.47. The van der Waals surface area contributed by atoms with Crippen molar-refractivity contribution in [1.29, 1.82) is 0 Å². The molecule has 0 atom stereocenters. The highest BCUT2D eigenvalue weighted by atomic mass is 32.2. The number of pyridine rings is 1. The number of rotatable bonds is 3. The maximum atomic E-state index is 11.9. The molecule has 16 heavy (non-hydrogen) atoms. The second kappa shape index (κ2) is 4.29. The molecule has 0 bridgehead atoms. The third kappa shape index (κ3) is 2.11. The van der Waals surface area contributed by atoms with Gasteiger partial charge in [-0.05, 0) is 19.9 Å². The number of hydrogen-bond acceptors (Lipinski definition) is 4. The molecule has 1 rings (SSSR count). The van der Waals surface area contributed by atoms with Gasteiger partial charge in [-0.3, -0.25) is 4.79 Å². The maximum absolute atomic E-state index is 11.9. The first-order valence-electron chi connectivity index (χ1n) is 4.98. The lowest BCUT2D eigenvalue weighted by atomic mass is 10.3. The minimum Gasteiger partial charge on any atom is -0.506 e. The Kier molecular flexibility index (Phi) is 3.42. The van der Waals surface area contributed by atoms with E-state index in [1.165, 1.54) is 23.8 Å². The number of hydrogen-bond donors (Lipinski definition) is 1. The molecule has 1 heterocycles. The van der Waals surface area contributed by atoms with Gasteiger partial charge in [0.15, 0.2) is 14.7 Å². The summed E-state index contributed by atoms with van der Waals surface area (Å²) in [7, 11) is -3.70. The zero-order chi connectivity index (χ0) is 12.5. The van der Waals surface area contributed by atoms with Crippen molar-refractivity contribution in [1.82, 2.24) is 4.57 Å². The summed E-state index contributed by atoms with van der Waals surface area (Å²) in [4.78, 5) is 11.4. The Morgan fingerprint density at radius 2 is 2.00 bits per heavy atom. The number of sulfone groups is 1. The van der Waals surface area contributed by atoms with Crippen LogP contribution in [0.25, 0.3) is 0 Å². The largest absolute Gasteiger partial charge is 0.506 e. The average Bonchev–Trinajstić information content (AvgIpc) is 2.16. The van der Waals surface area contributed by atoms with Crippen LogP contribution in [0.5, 0.6) is 5.75 Å². The van der Waals surface area contributed by atoms with E-state index in [2.05, 4.69) is 0 Å². The van der Waals surface area contributed by atoms with E-state index in [4.69, 9.17) is 0 Å². The van der Waals surface area contributed by atoms with Gasteiger partial charge in [-0.15, -0.1) is 0 Å². The zero-order valence-corrected chi connectivity index (χ0v) is 10.3. The molecule has 90 valence electrons. The molecule has 1 aromatic rings. The van der Waals surface area contributed by atoms with E-state index in [1.807, 2.05) is 0 Å². The third-order valence-corrected chi connectivity index (χ3v) is 4.07. The minimum absolute atomic E-state index is 0.154. The van der Waals surface area contributed by atoms with Crippen molar-refractivity contribution >= 4 is 9.84 Å². The minimum atomic E-state index is -3.70. The highest BCUT2D eigenvalue weighted by Gasteiger charge is 2.22. The normalized spacial score (nSPS) is 12.0. The van der Waals surface area contributed by atoms with Crippen LogP contribution in [0.15, 0.2) is 22.0 Å². The van der Waals surface area contributed by atoms with E-state index in [-0.39, 0.29) is 11.8 Å². The van der Waals surface area contributed by atoms with Crippen molar-refractivity contribution in [3.05, 3.63) is 22.6 Å². The van der Waals surface area contributed by atoms with Gasteiger partial charge in [0.25, 0.3) is 5.56 Å². The van der Waals surface area contributed by atoms with E-state index in [0.29, 0.717) is 0 Å². The second-order valence-electron chi connectivity index (χ2n) is 3.74. The molecule has 0 aromatic carbocycles. The molecule has 6 heteroatoms. The van der Waals surface area contributed by atoms with Crippen LogP contribution in [-0.2, 0) is 9.84 Å². The summed E-state index contributed by atoms with van der Waals surface area (Å²) in [6.45, 7) is 4.96. The fraction of sp³-hybridized carbons (Fsp3) is 0.500. The third-order valence-electron chi connectivity index (χ3n) is 2.30. The fourth-order valence-electron chi connectivity index (χ4n) is 1.36. The Labute approximate surface area is 94.3 Å². The van der Waals surface area contributed by atoms with Crippen LogP contribution in [0, 0.1) is 0 Å². The van der Waals surface area contributed by atoms with E-state index >= 15 is 0 Å². The molecule has 0 amide bonds. The summed E-state index contributed by atoms with van der Waals surface area (Å²) < 4.78 is 24.6. The van der Waals surface area contributed by atoms with Gasteiger partial charge in [0.1, 0.15) is 5.75 Å². The van der Waals surface area contributed by atoms with Gasteiger partial charge in [0.2, 0.25) is 0 Å².